The zero-order chi connectivity index (χ0) is 12.6. The van der Waals surface area contributed by atoms with E-state index in [0.717, 1.165) is 12.3 Å². The average molecular weight is 332 g/mol. The molecule has 0 aromatic heterocycles. The Morgan fingerprint density at radius 3 is 2.44 bits per heavy atom. The number of aliphatic hydroxyl groups is 1. The minimum Gasteiger partial charge on any atom is -0.384 e. The summed E-state index contributed by atoms with van der Waals surface area (Å²) in [6, 6.07) is 5.28. The summed E-state index contributed by atoms with van der Waals surface area (Å²) in [7, 11) is -3.80. The van der Waals surface area contributed by atoms with Crippen molar-refractivity contribution in [1.82, 2.24) is 0 Å². The second-order valence-corrected chi connectivity index (χ2v) is 8.50. The molecule has 16 heavy (non-hydrogen) atoms. The topological polar surface area (TPSA) is 54.4 Å². The summed E-state index contributed by atoms with van der Waals surface area (Å²) in [6.07, 6.45) is -0.857. The molecule has 0 aliphatic rings. The minimum atomic E-state index is -3.80. The standard InChI is InChI=1S/C9H9BrClFO3S/c1-16(14,15)9(10,11)8(13)6-4-2-3-5-7(6)12/h2-5,8,13H,1H3/t8-,9+/m0/s1. The second kappa shape index (κ2) is 4.60. The van der Waals surface area contributed by atoms with Gasteiger partial charge in [0.15, 0.2) is 9.84 Å². The van der Waals surface area contributed by atoms with Crippen molar-refractivity contribution in [3.8, 4) is 0 Å². The predicted octanol–water partition coefficient (Wildman–Crippen LogP) is 2.19. The van der Waals surface area contributed by atoms with Crippen molar-refractivity contribution in [1.29, 1.82) is 0 Å². The Kier molecular flexibility index (Phi) is 3.99. The van der Waals surface area contributed by atoms with Crippen LogP contribution in [0.4, 0.5) is 4.39 Å². The molecule has 3 nitrogen and oxygen atoms in total. The molecule has 0 fully saturated rings. The molecule has 0 saturated heterocycles. The highest BCUT2D eigenvalue weighted by atomic mass is 79.9. The lowest BCUT2D eigenvalue weighted by molar-refractivity contribution is 0.180. The van der Waals surface area contributed by atoms with Gasteiger partial charge in [0.1, 0.15) is 11.9 Å². The van der Waals surface area contributed by atoms with E-state index in [1.54, 1.807) is 0 Å². The van der Waals surface area contributed by atoms with Gasteiger partial charge in [-0.2, -0.15) is 0 Å². The lowest BCUT2D eigenvalue weighted by Gasteiger charge is -2.24. The van der Waals surface area contributed by atoms with E-state index in [9.17, 15) is 17.9 Å². The van der Waals surface area contributed by atoms with Crippen LogP contribution in [0.25, 0.3) is 0 Å². The van der Waals surface area contributed by atoms with Crippen LogP contribution in [0.3, 0.4) is 0 Å². The number of hydrogen-bond donors (Lipinski definition) is 1. The van der Waals surface area contributed by atoms with Gasteiger partial charge in [-0.05, 0) is 22.0 Å². The molecule has 0 saturated carbocycles. The fourth-order valence-corrected chi connectivity index (χ4v) is 1.98. The third-order valence-corrected chi connectivity index (χ3v) is 6.47. The molecule has 1 aromatic carbocycles. The third kappa shape index (κ3) is 2.56. The molecular formula is C9H9BrClFO3S. The Morgan fingerprint density at radius 2 is 2.00 bits per heavy atom. The first-order valence-corrected chi connectivity index (χ1v) is 7.24. The molecule has 0 amide bonds. The monoisotopic (exact) mass is 330 g/mol. The van der Waals surface area contributed by atoms with Crippen molar-refractivity contribution in [3.63, 3.8) is 0 Å². The van der Waals surface area contributed by atoms with E-state index in [1.165, 1.54) is 18.2 Å². The van der Waals surface area contributed by atoms with Crippen molar-refractivity contribution < 1.29 is 17.9 Å². The van der Waals surface area contributed by atoms with Crippen molar-refractivity contribution >= 4 is 37.4 Å². The summed E-state index contributed by atoms with van der Waals surface area (Å²) < 4.78 is 33.8. The van der Waals surface area contributed by atoms with Crippen LogP contribution < -0.4 is 0 Å². The normalized spacial score (nSPS) is 17.8. The average Bonchev–Trinajstić information content (AvgIpc) is 2.15. The van der Waals surface area contributed by atoms with Crippen LogP contribution in [0.5, 0.6) is 0 Å². The third-order valence-electron chi connectivity index (χ3n) is 2.01. The number of rotatable bonds is 3. The zero-order valence-electron chi connectivity index (χ0n) is 8.19. The number of alkyl halides is 2. The van der Waals surface area contributed by atoms with Crippen molar-refractivity contribution in [3.05, 3.63) is 35.6 Å². The SMILES string of the molecule is CS(=O)(=O)[C@@](Cl)(Br)[C@@H](O)c1ccccc1F. The van der Waals surface area contributed by atoms with E-state index in [2.05, 4.69) is 15.9 Å². The highest BCUT2D eigenvalue weighted by molar-refractivity contribution is 9.12. The molecule has 2 atom stereocenters. The lowest BCUT2D eigenvalue weighted by atomic mass is 10.1. The largest absolute Gasteiger partial charge is 0.384 e. The molecule has 1 rings (SSSR count). The summed E-state index contributed by atoms with van der Waals surface area (Å²) in [5.41, 5.74) is -0.181. The number of aliphatic hydroxyl groups excluding tert-OH is 1. The Labute approximate surface area is 106 Å². The summed E-state index contributed by atoms with van der Waals surface area (Å²) in [6.45, 7) is 0. The van der Waals surface area contributed by atoms with E-state index in [4.69, 9.17) is 11.6 Å². The minimum absolute atomic E-state index is 0.181. The highest BCUT2D eigenvalue weighted by Crippen LogP contribution is 2.42. The first-order valence-electron chi connectivity index (χ1n) is 4.18. The van der Waals surface area contributed by atoms with E-state index in [0.29, 0.717) is 0 Å². The van der Waals surface area contributed by atoms with Gasteiger partial charge in [0.2, 0.25) is 3.12 Å². The maximum Gasteiger partial charge on any atom is 0.228 e. The van der Waals surface area contributed by atoms with Crippen molar-refractivity contribution in [2.45, 2.75) is 9.22 Å². The molecular weight excluding hydrogens is 323 g/mol. The van der Waals surface area contributed by atoms with Crippen molar-refractivity contribution in [2.24, 2.45) is 0 Å². The predicted molar refractivity (Wildman–Crippen MR) is 63.7 cm³/mol. The summed E-state index contributed by atoms with van der Waals surface area (Å²) in [5.74, 6) is -0.719. The van der Waals surface area contributed by atoms with Gasteiger partial charge >= 0.3 is 0 Å². The van der Waals surface area contributed by atoms with Gasteiger partial charge in [0.25, 0.3) is 0 Å². The second-order valence-electron chi connectivity index (χ2n) is 3.26. The number of sulfone groups is 1. The zero-order valence-corrected chi connectivity index (χ0v) is 11.4. The quantitative estimate of drug-likeness (QED) is 0.864. The molecule has 7 heteroatoms. The van der Waals surface area contributed by atoms with Gasteiger partial charge in [0, 0.05) is 11.8 Å². The van der Waals surface area contributed by atoms with E-state index in [1.807, 2.05) is 0 Å². The van der Waals surface area contributed by atoms with Crippen LogP contribution in [-0.2, 0) is 9.84 Å². The van der Waals surface area contributed by atoms with Crippen LogP contribution >= 0.6 is 27.5 Å². The number of halogens is 3. The fraction of sp³-hybridized carbons (Fsp3) is 0.333. The summed E-state index contributed by atoms with van der Waals surface area (Å²) in [5, 5.41) is 9.77. The van der Waals surface area contributed by atoms with Crippen LogP contribution in [-0.4, -0.2) is 22.9 Å². The molecule has 0 radical (unpaired) electrons. The van der Waals surface area contributed by atoms with Crippen molar-refractivity contribution in [2.75, 3.05) is 6.26 Å². The van der Waals surface area contributed by atoms with Gasteiger partial charge in [-0.1, -0.05) is 29.8 Å². The highest BCUT2D eigenvalue weighted by Gasteiger charge is 2.45. The molecule has 0 unspecified atom stereocenters. The molecule has 1 aromatic rings. The summed E-state index contributed by atoms with van der Waals surface area (Å²) in [4.78, 5) is 0. The van der Waals surface area contributed by atoms with Gasteiger partial charge < -0.3 is 5.11 Å². The molecule has 0 aliphatic heterocycles. The van der Waals surface area contributed by atoms with Crippen LogP contribution in [0, 0.1) is 5.82 Å². The molecule has 1 N–H and O–H groups in total. The van der Waals surface area contributed by atoms with Crippen LogP contribution in [0.2, 0.25) is 0 Å². The number of benzene rings is 1. The van der Waals surface area contributed by atoms with Gasteiger partial charge in [-0.3, -0.25) is 0 Å². The van der Waals surface area contributed by atoms with E-state index in [-0.39, 0.29) is 5.56 Å². The smallest absolute Gasteiger partial charge is 0.228 e. The van der Waals surface area contributed by atoms with Gasteiger partial charge in [0.05, 0.1) is 0 Å². The maximum atomic E-state index is 13.3. The van der Waals surface area contributed by atoms with E-state index < -0.39 is 24.9 Å². The van der Waals surface area contributed by atoms with Crippen LogP contribution in [0.15, 0.2) is 24.3 Å². The van der Waals surface area contributed by atoms with Gasteiger partial charge in [-0.15, -0.1) is 0 Å². The number of hydrogen-bond acceptors (Lipinski definition) is 3. The first-order chi connectivity index (χ1) is 7.18. The van der Waals surface area contributed by atoms with Crippen LogP contribution in [0.1, 0.15) is 11.7 Å². The maximum absolute atomic E-state index is 13.3. The van der Waals surface area contributed by atoms with Gasteiger partial charge in [-0.25, -0.2) is 12.8 Å². The van der Waals surface area contributed by atoms with E-state index >= 15 is 0 Å². The molecule has 0 spiro atoms. The summed E-state index contributed by atoms with van der Waals surface area (Å²) >= 11 is 8.38. The molecule has 0 bridgehead atoms. The Balaban J connectivity index is 3.23. The Hall–Kier alpha value is -0.170. The fourth-order valence-electron chi connectivity index (χ4n) is 1.08. The molecule has 0 heterocycles. The lowest BCUT2D eigenvalue weighted by Crippen LogP contribution is -2.32. The molecule has 0 aliphatic carbocycles. The Morgan fingerprint density at radius 1 is 1.50 bits per heavy atom. The molecule has 90 valence electrons. The first kappa shape index (κ1) is 13.9. The Bertz CT molecular complexity index is 489.